The van der Waals surface area contributed by atoms with Crippen LogP contribution in [0.25, 0.3) is 27.2 Å². The van der Waals surface area contributed by atoms with Crippen LogP contribution in [0.4, 0.5) is 4.39 Å². The van der Waals surface area contributed by atoms with E-state index in [0.29, 0.717) is 47.9 Å². The first-order valence-electron chi connectivity index (χ1n) is 10.7. The maximum Gasteiger partial charge on any atom is 0.261 e. The molecule has 5 rings (SSSR count). The lowest BCUT2D eigenvalue weighted by molar-refractivity contribution is 0.234. The van der Waals surface area contributed by atoms with E-state index in [-0.39, 0.29) is 17.9 Å². The molecule has 35 heavy (non-hydrogen) atoms. The van der Waals surface area contributed by atoms with Gasteiger partial charge in [0, 0.05) is 54.4 Å². The summed E-state index contributed by atoms with van der Waals surface area (Å²) in [6, 6.07) is 12.0. The Morgan fingerprint density at radius 1 is 1.11 bits per heavy atom. The number of aromatic nitrogens is 2. The summed E-state index contributed by atoms with van der Waals surface area (Å²) in [5.41, 5.74) is 2.91. The number of nitrogens with zero attached hydrogens (tertiary/aromatic N) is 2. The van der Waals surface area contributed by atoms with Crippen molar-refractivity contribution in [3.8, 4) is 5.75 Å². The zero-order valence-corrected chi connectivity index (χ0v) is 19.6. The van der Waals surface area contributed by atoms with Crippen molar-refractivity contribution in [3.05, 3.63) is 88.2 Å². The molecule has 182 valence electrons. The number of benzene rings is 2. The average Bonchev–Trinajstić information content (AvgIpc) is 3.10. The van der Waals surface area contributed by atoms with Gasteiger partial charge in [0.2, 0.25) is 0 Å². The van der Waals surface area contributed by atoms with Crippen molar-refractivity contribution in [1.82, 2.24) is 9.38 Å². The molecule has 0 atom stereocenters. The number of hydrogen-bond donors (Lipinski definition) is 2. The summed E-state index contributed by atoms with van der Waals surface area (Å²) in [6.45, 7) is 0.381. The Kier molecular flexibility index (Phi) is 6.97. The zero-order valence-electron chi connectivity index (χ0n) is 18.8. The van der Waals surface area contributed by atoms with Gasteiger partial charge in [-0.2, -0.15) is 8.42 Å². The minimum atomic E-state index is -3.67. The molecule has 0 unspecified atom stereocenters. The largest absolute Gasteiger partial charge is 0.493 e. The molecule has 0 fully saturated rings. The molecule has 5 aromatic rings. The third kappa shape index (κ3) is 5.56. The molecule has 10 heteroatoms. The number of ether oxygens (including phenoxy) is 1. The fourth-order valence-corrected chi connectivity index (χ4v) is 4.01. The number of hydrogen-bond acceptors (Lipinski definition) is 6. The lowest BCUT2D eigenvalue weighted by atomic mass is 10.0. The Hall–Kier alpha value is -3.60. The van der Waals surface area contributed by atoms with Crippen LogP contribution in [-0.2, 0) is 16.5 Å². The van der Waals surface area contributed by atoms with Gasteiger partial charge in [-0.1, -0.05) is 6.07 Å². The highest BCUT2D eigenvalue weighted by Crippen LogP contribution is 2.34. The number of rotatable bonds is 6. The lowest BCUT2D eigenvalue weighted by Gasteiger charge is -2.09. The molecule has 0 saturated heterocycles. The highest BCUT2D eigenvalue weighted by Gasteiger charge is 2.18. The summed E-state index contributed by atoms with van der Waals surface area (Å²) in [4.78, 5) is 17.5. The lowest BCUT2D eigenvalue weighted by Crippen LogP contribution is -2.12. The van der Waals surface area contributed by atoms with Crippen LogP contribution in [-0.4, -0.2) is 46.9 Å². The molecule has 0 spiro atoms. The van der Waals surface area contributed by atoms with Gasteiger partial charge in [0.1, 0.15) is 11.6 Å². The van der Waals surface area contributed by atoms with Crippen LogP contribution < -0.4 is 10.2 Å². The summed E-state index contributed by atoms with van der Waals surface area (Å²) < 4.78 is 47.6. The molecule has 2 N–H and O–H groups in total. The summed E-state index contributed by atoms with van der Waals surface area (Å²) in [6.07, 6.45) is 6.88. The van der Waals surface area contributed by atoms with Gasteiger partial charge in [-0.15, -0.1) is 0 Å². The Morgan fingerprint density at radius 3 is 2.54 bits per heavy atom. The number of aliphatic hydroxyl groups is 1. The molecule has 0 aliphatic carbocycles. The van der Waals surface area contributed by atoms with Gasteiger partial charge in [-0.25, -0.2) is 4.39 Å². The summed E-state index contributed by atoms with van der Waals surface area (Å²) >= 11 is 0. The van der Waals surface area contributed by atoms with E-state index >= 15 is 0 Å². The SMILES string of the molecule is CS(=O)(=O)O.O=c1c(Cc2cccnc2)cn2c3cc(F)ccc3c3cc(OCCCO)cc1c32. The van der Waals surface area contributed by atoms with Gasteiger partial charge in [0.15, 0.2) is 5.43 Å². The Morgan fingerprint density at radius 2 is 1.86 bits per heavy atom. The van der Waals surface area contributed by atoms with E-state index in [1.807, 2.05) is 22.6 Å². The van der Waals surface area contributed by atoms with Gasteiger partial charge >= 0.3 is 0 Å². The molecule has 0 amide bonds. The monoisotopic (exact) mass is 498 g/mol. The molecule has 0 aliphatic heterocycles. The van der Waals surface area contributed by atoms with Crippen LogP contribution in [0.15, 0.2) is 65.8 Å². The molecular weight excluding hydrogens is 475 g/mol. The first kappa shape index (κ1) is 24.5. The van der Waals surface area contributed by atoms with Gasteiger partial charge < -0.3 is 14.2 Å². The maximum absolute atomic E-state index is 14.0. The molecule has 3 aromatic heterocycles. The second-order valence-electron chi connectivity index (χ2n) is 8.08. The molecule has 0 aliphatic rings. The second-order valence-corrected chi connectivity index (χ2v) is 9.54. The van der Waals surface area contributed by atoms with Crippen molar-refractivity contribution < 1.29 is 27.2 Å². The quantitative estimate of drug-likeness (QED) is 0.272. The molecule has 2 aromatic carbocycles. The third-order valence-electron chi connectivity index (χ3n) is 5.34. The van der Waals surface area contributed by atoms with E-state index in [2.05, 4.69) is 4.98 Å². The number of pyridine rings is 2. The minimum absolute atomic E-state index is 0.0324. The summed E-state index contributed by atoms with van der Waals surface area (Å²) in [7, 11) is -3.67. The van der Waals surface area contributed by atoms with Crippen LogP contribution in [0.2, 0.25) is 0 Å². The van der Waals surface area contributed by atoms with Crippen LogP contribution >= 0.6 is 0 Å². The van der Waals surface area contributed by atoms with Gasteiger partial charge in [0.25, 0.3) is 10.1 Å². The van der Waals surface area contributed by atoms with Crippen molar-refractivity contribution >= 4 is 37.3 Å². The fraction of sp³-hybridized carbons (Fsp3) is 0.200. The predicted molar refractivity (Wildman–Crippen MR) is 132 cm³/mol. The van der Waals surface area contributed by atoms with Crippen LogP contribution in [0.5, 0.6) is 5.75 Å². The average molecular weight is 499 g/mol. The van der Waals surface area contributed by atoms with Gasteiger partial charge in [0.05, 0.1) is 29.3 Å². The third-order valence-corrected chi connectivity index (χ3v) is 5.34. The van der Waals surface area contributed by atoms with E-state index in [1.54, 1.807) is 30.7 Å². The molecule has 3 heterocycles. The Labute approximate surface area is 200 Å². The van der Waals surface area contributed by atoms with Gasteiger partial charge in [-0.3, -0.25) is 14.3 Å². The highest BCUT2D eigenvalue weighted by molar-refractivity contribution is 7.85. The first-order valence-corrected chi connectivity index (χ1v) is 12.6. The topological polar surface area (TPSA) is 118 Å². The highest BCUT2D eigenvalue weighted by atomic mass is 32.2. The van der Waals surface area contributed by atoms with Crippen molar-refractivity contribution in [2.24, 2.45) is 0 Å². The van der Waals surface area contributed by atoms with E-state index in [1.165, 1.54) is 12.1 Å². The number of aliphatic hydroxyl groups excluding tert-OH is 1. The minimum Gasteiger partial charge on any atom is -0.493 e. The molecule has 0 saturated carbocycles. The van der Waals surface area contributed by atoms with Crippen LogP contribution in [0.1, 0.15) is 17.5 Å². The van der Waals surface area contributed by atoms with E-state index in [0.717, 1.165) is 21.9 Å². The Balaban J connectivity index is 0.000000527. The van der Waals surface area contributed by atoms with E-state index < -0.39 is 10.1 Å². The van der Waals surface area contributed by atoms with Crippen molar-refractivity contribution in [2.75, 3.05) is 19.5 Å². The fourth-order valence-electron chi connectivity index (χ4n) is 4.01. The summed E-state index contributed by atoms with van der Waals surface area (Å²) in [5, 5.41) is 11.3. The van der Waals surface area contributed by atoms with Crippen molar-refractivity contribution in [2.45, 2.75) is 12.8 Å². The molecule has 0 radical (unpaired) electrons. The standard InChI is InChI=1S/C24H19FN2O3.CH4O3S/c25-17-4-5-19-20-11-18(30-8-2-7-28)12-21-23(20)27(22(19)10-17)14-16(24(21)29)9-15-3-1-6-26-13-15;1-5(2,3)4/h1,3-6,10-14,28H,2,7-9H2;1H3,(H,2,3,4). The van der Waals surface area contributed by atoms with Crippen LogP contribution in [0, 0.1) is 5.82 Å². The van der Waals surface area contributed by atoms with Crippen molar-refractivity contribution in [3.63, 3.8) is 0 Å². The van der Waals surface area contributed by atoms with Crippen molar-refractivity contribution in [1.29, 1.82) is 0 Å². The molecular formula is C25H23FN2O6S. The molecule has 0 bridgehead atoms. The Bertz CT molecular complexity index is 1640. The first-order chi connectivity index (χ1) is 16.7. The van der Waals surface area contributed by atoms with Gasteiger partial charge in [-0.05, 0) is 42.0 Å². The second kappa shape index (κ2) is 9.95. The van der Waals surface area contributed by atoms with E-state index in [4.69, 9.17) is 14.4 Å². The molecule has 8 nitrogen and oxygen atoms in total. The number of halogens is 1. The summed E-state index contributed by atoms with van der Waals surface area (Å²) in [5.74, 6) is 0.229. The number of fused-ring (bicyclic) bond motifs is 3. The van der Waals surface area contributed by atoms with Crippen LogP contribution in [0.3, 0.4) is 0 Å². The van der Waals surface area contributed by atoms with E-state index in [9.17, 15) is 17.6 Å². The smallest absolute Gasteiger partial charge is 0.261 e. The zero-order chi connectivity index (χ0) is 25.2. The normalized spacial score (nSPS) is 11.7. The maximum atomic E-state index is 14.0. The predicted octanol–water partition coefficient (Wildman–Crippen LogP) is 3.43.